The van der Waals surface area contributed by atoms with Crippen LogP contribution < -0.4 is 10.1 Å². The second-order valence-corrected chi connectivity index (χ2v) is 7.83. The molecule has 0 unspecified atom stereocenters. The Morgan fingerprint density at radius 3 is 2.48 bits per heavy atom. The van der Waals surface area contributed by atoms with Crippen molar-refractivity contribution >= 4 is 23.4 Å². The number of halogens is 3. The molecule has 1 amide bonds. The van der Waals surface area contributed by atoms with Crippen LogP contribution in [0.1, 0.15) is 22.5 Å². The molecule has 0 fully saturated rings. The van der Waals surface area contributed by atoms with Crippen molar-refractivity contribution in [2.24, 2.45) is 7.05 Å². The highest BCUT2D eigenvalue weighted by Gasteiger charge is 2.30. The number of carbonyl (C=O) groups is 1. The maximum absolute atomic E-state index is 12.8. The molecule has 1 N–H and O–H groups in total. The van der Waals surface area contributed by atoms with Gasteiger partial charge in [0.05, 0.1) is 11.3 Å². The number of alkyl halides is 3. The maximum atomic E-state index is 12.8. The standard InChI is InChI=1S/C21H21F3N4O2S/c1-13-6-4-7-14(2)19(13)30-11-17-26-27-20(28(17)3)31-12-18(29)25-16-9-5-8-15(10-16)21(22,23)24/h4-10H,11-12H2,1-3H3,(H,25,29). The van der Waals surface area contributed by atoms with Gasteiger partial charge in [0, 0.05) is 12.7 Å². The third kappa shape index (κ3) is 5.78. The first-order chi connectivity index (χ1) is 14.6. The van der Waals surface area contributed by atoms with Crippen molar-refractivity contribution < 1.29 is 22.7 Å². The lowest BCUT2D eigenvalue weighted by atomic mass is 10.1. The molecule has 0 radical (unpaired) electrons. The number of rotatable bonds is 7. The number of aryl methyl sites for hydroxylation is 2. The number of benzene rings is 2. The molecule has 3 aromatic rings. The van der Waals surface area contributed by atoms with E-state index in [1.54, 1.807) is 11.6 Å². The van der Waals surface area contributed by atoms with Crippen molar-refractivity contribution in [2.75, 3.05) is 11.1 Å². The van der Waals surface area contributed by atoms with E-state index in [1.807, 2.05) is 32.0 Å². The van der Waals surface area contributed by atoms with Crippen LogP contribution >= 0.6 is 11.8 Å². The highest BCUT2D eigenvalue weighted by Crippen LogP contribution is 2.30. The minimum absolute atomic E-state index is 0.0278. The van der Waals surface area contributed by atoms with Gasteiger partial charge in [-0.25, -0.2) is 0 Å². The van der Waals surface area contributed by atoms with Crippen molar-refractivity contribution in [3.63, 3.8) is 0 Å². The van der Waals surface area contributed by atoms with Crippen molar-refractivity contribution in [3.05, 3.63) is 65.0 Å². The quantitative estimate of drug-likeness (QED) is 0.526. The fraction of sp³-hybridized carbons (Fsp3) is 0.286. The minimum Gasteiger partial charge on any atom is -0.485 e. The third-order valence-corrected chi connectivity index (χ3v) is 5.51. The Balaban J connectivity index is 1.57. The Morgan fingerprint density at radius 2 is 1.81 bits per heavy atom. The topological polar surface area (TPSA) is 69.0 Å². The molecule has 6 nitrogen and oxygen atoms in total. The van der Waals surface area contributed by atoms with Gasteiger partial charge in [0.1, 0.15) is 12.4 Å². The number of carbonyl (C=O) groups excluding carboxylic acids is 1. The summed E-state index contributed by atoms with van der Waals surface area (Å²) >= 11 is 1.13. The van der Waals surface area contributed by atoms with Gasteiger partial charge in [0.25, 0.3) is 0 Å². The van der Waals surface area contributed by atoms with Crippen LogP contribution in [0.3, 0.4) is 0 Å². The Bertz CT molecular complexity index is 1060. The van der Waals surface area contributed by atoms with E-state index in [-0.39, 0.29) is 18.0 Å². The van der Waals surface area contributed by atoms with Crippen LogP contribution in [0.5, 0.6) is 5.75 Å². The molecule has 0 saturated carbocycles. The number of anilines is 1. The van der Waals surface area contributed by atoms with Gasteiger partial charge in [-0.1, -0.05) is 36.0 Å². The van der Waals surface area contributed by atoms with Crippen molar-refractivity contribution in [1.82, 2.24) is 14.8 Å². The molecule has 1 heterocycles. The van der Waals surface area contributed by atoms with Crippen LogP contribution in [-0.2, 0) is 24.6 Å². The molecule has 31 heavy (non-hydrogen) atoms. The third-order valence-electron chi connectivity index (χ3n) is 4.49. The van der Waals surface area contributed by atoms with Crippen LogP contribution in [0.4, 0.5) is 18.9 Å². The predicted molar refractivity (Wildman–Crippen MR) is 112 cm³/mol. The van der Waals surface area contributed by atoms with E-state index < -0.39 is 17.6 Å². The molecule has 164 valence electrons. The number of para-hydroxylation sites is 1. The van der Waals surface area contributed by atoms with Gasteiger partial charge < -0.3 is 14.6 Å². The van der Waals surface area contributed by atoms with E-state index in [2.05, 4.69) is 15.5 Å². The Kier molecular flexibility index (Phi) is 6.89. The number of nitrogens with zero attached hydrogens (tertiary/aromatic N) is 3. The largest absolute Gasteiger partial charge is 0.485 e. The van der Waals surface area contributed by atoms with Crippen LogP contribution in [0.2, 0.25) is 0 Å². The van der Waals surface area contributed by atoms with E-state index >= 15 is 0 Å². The van der Waals surface area contributed by atoms with Gasteiger partial charge in [-0.2, -0.15) is 13.2 Å². The summed E-state index contributed by atoms with van der Waals surface area (Å²) in [6.07, 6.45) is -4.47. The number of ether oxygens (including phenoxy) is 1. The summed E-state index contributed by atoms with van der Waals surface area (Å²) in [6, 6.07) is 10.4. The Morgan fingerprint density at radius 1 is 1.13 bits per heavy atom. The zero-order valence-electron chi connectivity index (χ0n) is 17.2. The van der Waals surface area contributed by atoms with Gasteiger partial charge in [0.15, 0.2) is 11.0 Å². The lowest BCUT2D eigenvalue weighted by Crippen LogP contribution is -2.15. The molecule has 0 aliphatic heterocycles. The van der Waals surface area contributed by atoms with Crippen molar-refractivity contribution in [3.8, 4) is 5.75 Å². The zero-order valence-corrected chi connectivity index (χ0v) is 18.0. The van der Waals surface area contributed by atoms with E-state index in [9.17, 15) is 18.0 Å². The first-order valence-electron chi connectivity index (χ1n) is 9.32. The molecule has 3 rings (SSSR count). The van der Waals surface area contributed by atoms with E-state index in [1.165, 1.54) is 12.1 Å². The van der Waals surface area contributed by atoms with Crippen LogP contribution in [-0.4, -0.2) is 26.4 Å². The highest BCUT2D eigenvalue weighted by molar-refractivity contribution is 7.99. The normalized spacial score (nSPS) is 11.4. The number of aromatic nitrogens is 3. The molecule has 0 aliphatic carbocycles. The summed E-state index contributed by atoms with van der Waals surface area (Å²) in [7, 11) is 1.76. The first kappa shape index (κ1) is 22.7. The average Bonchev–Trinajstić information content (AvgIpc) is 3.05. The average molecular weight is 450 g/mol. The Hall–Kier alpha value is -3.01. The SMILES string of the molecule is Cc1cccc(C)c1OCc1nnc(SCC(=O)Nc2cccc(C(F)(F)F)c2)n1C. The maximum Gasteiger partial charge on any atom is 0.416 e. The van der Waals surface area contributed by atoms with Gasteiger partial charge in [-0.15, -0.1) is 10.2 Å². The molecular formula is C21H21F3N4O2S. The number of hydrogen-bond acceptors (Lipinski definition) is 5. The summed E-state index contributed by atoms with van der Waals surface area (Å²) in [4.78, 5) is 12.2. The summed E-state index contributed by atoms with van der Waals surface area (Å²) in [6.45, 7) is 4.14. The summed E-state index contributed by atoms with van der Waals surface area (Å²) in [5, 5.41) is 11.1. The van der Waals surface area contributed by atoms with E-state index in [0.717, 1.165) is 40.8 Å². The van der Waals surface area contributed by atoms with Gasteiger partial charge >= 0.3 is 6.18 Å². The highest BCUT2D eigenvalue weighted by atomic mass is 32.2. The predicted octanol–water partition coefficient (Wildman–Crippen LogP) is 4.76. The van der Waals surface area contributed by atoms with E-state index in [4.69, 9.17) is 4.74 Å². The molecule has 0 saturated heterocycles. The summed E-state index contributed by atoms with van der Waals surface area (Å²) in [5.41, 5.74) is 1.30. The van der Waals surface area contributed by atoms with Crippen molar-refractivity contribution in [1.29, 1.82) is 0 Å². The van der Waals surface area contributed by atoms with Gasteiger partial charge in [0.2, 0.25) is 5.91 Å². The molecule has 0 atom stereocenters. The number of thioether (sulfide) groups is 1. The van der Waals surface area contributed by atoms with Crippen LogP contribution in [0.15, 0.2) is 47.6 Å². The molecule has 0 aliphatic rings. The molecule has 0 bridgehead atoms. The number of nitrogens with one attached hydrogen (secondary N) is 1. The van der Waals surface area contributed by atoms with Gasteiger partial charge in [-0.3, -0.25) is 4.79 Å². The lowest BCUT2D eigenvalue weighted by Gasteiger charge is -2.11. The first-order valence-corrected chi connectivity index (χ1v) is 10.3. The second-order valence-electron chi connectivity index (χ2n) is 6.88. The zero-order chi connectivity index (χ0) is 22.6. The molecule has 0 spiro atoms. The molecule has 1 aromatic heterocycles. The summed E-state index contributed by atoms with van der Waals surface area (Å²) in [5.74, 6) is 0.907. The van der Waals surface area contributed by atoms with Gasteiger partial charge in [-0.05, 0) is 43.2 Å². The lowest BCUT2D eigenvalue weighted by molar-refractivity contribution is -0.137. The van der Waals surface area contributed by atoms with Crippen LogP contribution in [0, 0.1) is 13.8 Å². The van der Waals surface area contributed by atoms with Crippen molar-refractivity contribution in [2.45, 2.75) is 31.8 Å². The second kappa shape index (κ2) is 9.42. The van der Waals surface area contributed by atoms with Crippen LogP contribution in [0.25, 0.3) is 0 Å². The Labute approximate surface area is 181 Å². The number of hydrogen-bond donors (Lipinski definition) is 1. The fourth-order valence-corrected chi connectivity index (χ4v) is 3.59. The van der Waals surface area contributed by atoms with E-state index in [0.29, 0.717) is 11.0 Å². The smallest absolute Gasteiger partial charge is 0.416 e. The minimum atomic E-state index is -4.47. The summed E-state index contributed by atoms with van der Waals surface area (Å²) < 4.78 is 46.0. The number of amides is 1. The fourth-order valence-electron chi connectivity index (χ4n) is 2.86. The molecular weight excluding hydrogens is 429 g/mol. The monoisotopic (exact) mass is 450 g/mol. The molecule has 2 aromatic carbocycles. The molecule has 10 heteroatoms.